The molecule has 18 heavy (non-hydrogen) atoms. The summed E-state index contributed by atoms with van der Waals surface area (Å²) in [5.41, 5.74) is 0. The lowest BCUT2D eigenvalue weighted by Crippen LogP contribution is -2.54. The lowest BCUT2D eigenvalue weighted by atomic mass is 10.2. The molecular formula is C13H23N3O2. The summed E-state index contributed by atoms with van der Waals surface area (Å²) in [4.78, 5) is 17.8. The van der Waals surface area contributed by atoms with Crippen LogP contribution in [0.4, 0.5) is 0 Å². The summed E-state index contributed by atoms with van der Waals surface area (Å²) in [5, 5.41) is 9.29. The Morgan fingerprint density at radius 2 is 2.22 bits per heavy atom. The highest BCUT2D eigenvalue weighted by atomic mass is 16.4. The number of nitrogens with zero attached hydrogens (tertiary/aromatic N) is 3. The fourth-order valence-electron chi connectivity index (χ4n) is 2.86. The molecule has 5 heteroatoms. The molecule has 0 spiro atoms. The maximum Gasteiger partial charge on any atom is 0.321 e. The van der Waals surface area contributed by atoms with Crippen molar-refractivity contribution in [2.24, 2.45) is 0 Å². The van der Waals surface area contributed by atoms with E-state index in [0.717, 1.165) is 38.8 Å². The van der Waals surface area contributed by atoms with Gasteiger partial charge >= 0.3 is 5.97 Å². The molecule has 1 saturated heterocycles. The van der Waals surface area contributed by atoms with Crippen molar-refractivity contribution in [3.05, 3.63) is 12.4 Å². The monoisotopic (exact) mass is 253 g/mol. The molecule has 2 atom stereocenters. The van der Waals surface area contributed by atoms with Crippen LogP contribution in [0.25, 0.3) is 0 Å². The van der Waals surface area contributed by atoms with Crippen LogP contribution in [0.1, 0.15) is 32.6 Å². The first-order valence-corrected chi connectivity index (χ1v) is 6.79. The molecule has 1 fully saturated rings. The largest absolute Gasteiger partial charge is 0.480 e. The molecule has 2 aliphatic rings. The van der Waals surface area contributed by atoms with Crippen molar-refractivity contribution in [2.75, 3.05) is 20.1 Å². The number of aliphatic carboxylic acids is 1. The molecule has 0 aromatic rings. The van der Waals surface area contributed by atoms with Crippen LogP contribution < -0.4 is 0 Å². The van der Waals surface area contributed by atoms with Crippen molar-refractivity contribution in [3.63, 3.8) is 0 Å². The first-order chi connectivity index (χ1) is 8.65. The molecule has 2 heterocycles. The Bertz CT molecular complexity index is 332. The number of unbranched alkanes of at least 4 members (excludes halogenated alkanes) is 1. The number of rotatable bonds is 5. The number of carboxylic acid groups (broad SMARTS) is 1. The second-order valence-corrected chi connectivity index (χ2v) is 5.14. The van der Waals surface area contributed by atoms with E-state index in [-0.39, 0.29) is 12.3 Å². The number of hydrogen-bond donors (Lipinski definition) is 1. The Balaban J connectivity index is 2.07. The van der Waals surface area contributed by atoms with E-state index in [2.05, 4.69) is 27.8 Å². The summed E-state index contributed by atoms with van der Waals surface area (Å²) in [6.07, 6.45) is 8.24. The number of carbonyl (C=O) groups is 1. The number of likely N-dealkylation sites (tertiary alicyclic amines) is 1. The van der Waals surface area contributed by atoms with Gasteiger partial charge in [-0.05, 0) is 19.3 Å². The molecule has 2 unspecified atom stereocenters. The second-order valence-electron chi connectivity index (χ2n) is 5.14. The van der Waals surface area contributed by atoms with Gasteiger partial charge in [0, 0.05) is 32.5 Å². The quantitative estimate of drug-likeness (QED) is 0.801. The predicted octanol–water partition coefficient (Wildman–Crippen LogP) is 1.34. The Morgan fingerprint density at radius 3 is 2.89 bits per heavy atom. The second kappa shape index (κ2) is 5.61. The van der Waals surface area contributed by atoms with Crippen LogP contribution in [-0.4, -0.2) is 58.2 Å². The first kappa shape index (κ1) is 13.2. The SMILES string of the molecule is CCCCN1C=CN(C)C1N1CCCC1C(=O)O. The van der Waals surface area contributed by atoms with Gasteiger partial charge in [0.1, 0.15) is 6.04 Å². The van der Waals surface area contributed by atoms with Crippen LogP contribution in [0.5, 0.6) is 0 Å². The van der Waals surface area contributed by atoms with Gasteiger partial charge in [0.2, 0.25) is 0 Å². The average molecular weight is 253 g/mol. The third kappa shape index (κ3) is 2.46. The van der Waals surface area contributed by atoms with E-state index in [1.165, 1.54) is 0 Å². The summed E-state index contributed by atoms with van der Waals surface area (Å²) < 4.78 is 0. The molecule has 0 aromatic carbocycles. The fourth-order valence-corrected chi connectivity index (χ4v) is 2.86. The van der Waals surface area contributed by atoms with Crippen molar-refractivity contribution >= 4 is 5.97 Å². The maximum atomic E-state index is 11.3. The minimum atomic E-state index is -0.691. The summed E-state index contributed by atoms with van der Waals surface area (Å²) in [6.45, 7) is 4.04. The minimum absolute atomic E-state index is 0.0835. The van der Waals surface area contributed by atoms with Gasteiger partial charge in [-0.25, -0.2) is 0 Å². The van der Waals surface area contributed by atoms with Crippen molar-refractivity contribution in [3.8, 4) is 0 Å². The average Bonchev–Trinajstić information content (AvgIpc) is 2.92. The summed E-state index contributed by atoms with van der Waals surface area (Å²) >= 11 is 0. The van der Waals surface area contributed by atoms with Crippen molar-refractivity contribution in [2.45, 2.75) is 44.9 Å². The van der Waals surface area contributed by atoms with E-state index in [9.17, 15) is 9.90 Å². The van der Waals surface area contributed by atoms with Gasteiger partial charge in [-0.2, -0.15) is 0 Å². The van der Waals surface area contributed by atoms with Crippen molar-refractivity contribution < 1.29 is 9.90 Å². The Kier molecular flexibility index (Phi) is 4.11. The van der Waals surface area contributed by atoms with Gasteiger partial charge < -0.3 is 14.9 Å². The van der Waals surface area contributed by atoms with Crippen LogP contribution >= 0.6 is 0 Å². The van der Waals surface area contributed by atoms with Crippen molar-refractivity contribution in [1.82, 2.24) is 14.7 Å². The van der Waals surface area contributed by atoms with Gasteiger partial charge in [-0.3, -0.25) is 9.69 Å². The zero-order valence-electron chi connectivity index (χ0n) is 11.2. The minimum Gasteiger partial charge on any atom is -0.480 e. The van der Waals surface area contributed by atoms with Gasteiger partial charge in [-0.15, -0.1) is 0 Å². The van der Waals surface area contributed by atoms with E-state index in [1.807, 2.05) is 13.2 Å². The van der Waals surface area contributed by atoms with Gasteiger partial charge in [0.05, 0.1) is 0 Å². The number of carboxylic acids is 1. The highest BCUT2D eigenvalue weighted by Gasteiger charge is 2.40. The van der Waals surface area contributed by atoms with Gasteiger partial charge in [0.25, 0.3) is 0 Å². The Morgan fingerprint density at radius 1 is 1.44 bits per heavy atom. The summed E-state index contributed by atoms with van der Waals surface area (Å²) in [7, 11) is 2.02. The molecule has 0 aliphatic carbocycles. The zero-order valence-corrected chi connectivity index (χ0v) is 11.2. The van der Waals surface area contributed by atoms with E-state index in [1.54, 1.807) is 0 Å². The van der Waals surface area contributed by atoms with E-state index in [4.69, 9.17) is 0 Å². The molecule has 0 saturated carbocycles. The molecule has 102 valence electrons. The lowest BCUT2D eigenvalue weighted by Gasteiger charge is -2.39. The number of hydrogen-bond acceptors (Lipinski definition) is 4. The molecular weight excluding hydrogens is 230 g/mol. The maximum absolute atomic E-state index is 11.3. The van der Waals surface area contributed by atoms with Crippen LogP contribution in [0.2, 0.25) is 0 Å². The molecule has 0 bridgehead atoms. The van der Waals surface area contributed by atoms with E-state index in [0.29, 0.717) is 0 Å². The van der Waals surface area contributed by atoms with E-state index < -0.39 is 5.97 Å². The Labute approximate surface area is 109 Å². The molecule has 2 aliphatic heterocycles. The smallest absolute Gasteiger partial charge is 0.321 e. The highest BCUT2D eigenvalue weighted by molar-refractivity contribution is 5.73. The first-order valence-electron chi connectivity index (χ1n) is 6.79. The zero-order chi connectivity index (χ0) is 13.1. The third-order valence-electron chi connectivity index (χ3n) is 3.80. The normalized spacial score (nSPS) is 28.3. The Hall–Kier alpha value is -1.23. The van der Waals surface area contributed by atoms with Crippen LogP contribution in [0, 0.1) is 0 Å². The molecule has 0 aromatic heterocycles. The predicted molar refractivity (Wildman–Crippen MR) is 69.7 cm³/mol. The van der Waals surface area contributed by atoms with E-state index >= 15 is 0 Å². The molecule has 0 amide bonds. The molecule has 0 radical (unpaired) electrons. The van der Waals surface area contributed by atoms with Gasteiger partial charge in [0.15, 0.2) is 6.29 Å². The molecule has 1 N–H and O–H groups in total. The highest BCUT2D eigenvalue weighted by Crippen LogP contribution is 2.27. The standard InChI is InChI=1S/C13H23N3O2/c1-3-4-7-15-10-9-14(2)13(15)16-8-5-6-11(16)12(17)18/h9-11,13H,3-8H2,1-2H3,(H,17,18). The lowest BCUT2D eigenvalue weighted by molar-refractivity contribution is -0.145. The van der Waals surface area contributed by atoms with Crippen LogP contribution in [0.3, 0.4) is 0 Å². The molecule has 2 rings (SSSR count). The summed E-state index contributed by atoms with van der Waals surface area (Å²) in [6, 6.07) is -0.332. The topological polar surface area (TPSA) is 47.0 Å². The van der Waals surface area contributed by atoms with Crippen LogP contribution in [0.15, 0.2) is 12.4 Å². The van der Waals surface area contributed by atoms with Crippen molar-refractivity contribution in [1.29, 1.82) is 0 Å². The fraction of sp³-hybridized carbons (Fsp3) is 0.769. The summed E-state index contributed by atoms with van der Waals surface area (Å²) in [5.74, 6) is -0.691. The molecule has 5 nitrogen and oxygen atoms in total. The van der Waals surface area contributed by atoms with Gasteiger partial charge in [-0.1, -0.05) is 13.3 Å². The third-order valence-corrected chi connectivity index (χ3v) is 3.80. The van der Waals surface area contributed by atoms with Crippen LogP contribution in [-0.2, 0) is 4.79 Å².